The van der Waals surface area contributed by atoms with Crippen LogP contribution in [0.1, 0.15) is 43.4 Å². The molecule has 174 valence electrons. The van der Waals surface area contributed by atoms with Crippen LogP contribution in [0, 0.1) is 5.92 Å². The highest BCUT2D eigenvalue weighted by atomic mass is 32.2. The molecule has 0 spiro atoms. The molecule has 10 heteroatoms. The summed E-state index contributed by atoms with van der Waals surface area (Å²) in [7, 11) is -3.38. The zero-order chi connectivity index (χ0) is 23.6. The summed E-state index contributed by atoms with van der Waals surface area (Å²) in [4.78, 5) is 4.90. The summed E-state index contributed by atoms with van der Waals surface area (Å²) in [5.41, 5.74) is 4.19. The smallest absolute Gasteiger partial charge is 0.175 e. The van der Waals surface area contributed by atoms with Gasteiger partial charge in [0.2, 0.25) is 0 Å². The van der Waals surface area contributed by atoms with Crippen molar-refractivity contribution < 1.29 is 13.2 Å². The molecular weight excluding hydrogens is 440 g/mol. The summed E-state index contributed by atoms with van der Waals surface area (Å²) in [5.74, 6) is 1.49. The number of fused-ring (bicyclic) bond motifs is 1. The fourth-order valence-corrected chi connectivity index (χ4v) is 4.29. The van der Waals surface area contributed by atoms with Crippen LogP contribution in [0.3, 0.4) is 0 Å². The summed E-state index contributed by atoms with van der Waals surface area (Å²) < 4.78 is 32.3. The highest BCUT2D eigenvalue weighted by Crippen LogP contribution is 2.31. The van der Waals surface area contributed by atoms with Crippen LogP contribution in [0.2, 0.25) is 0 Å². The standard InChI is InChI=1S/C23H28N6O3S/c1-5-20-22-19(28-29(20)13-16-7-6-10-25-27-16)12-24-23(26-22)18-11-17(33(4,30)31)8-9-21(18)32-14-15(2)3/h6-11,15H,5,12-14H2,1-4H3,(H,24,26). The van der Waals surface area contributed by atoms with Crippen molar-refractivity contribution in [2.24, 2.45) is 10.9 Å². The van der Waals surface area contributed by atoms with E-state index in [4.69, 9.17) is 9.84 Å². The van der Waals surface area contributed by atoms with Gasteiger partial charge < -0.3 is 10.1 Å². The Morgan fingerprint density at radius 1 is 1.24 bits per heavy atom. The Balaban J connectivity index is 1.69. The average Bonchev–Trinajstić information content (AvgIpc) is 3.13. The first-order chi connectivity index (χ1) is 15.8. The number of amidine groups is 1. The maximum Gasteiger partial charge on any atom is 0.175 e. The number of hydrogen-bond acceptors (Lipinski definition) is 8. The average molecular weight is 469 g/mol. The molecule has 1 aliphatic heterocycles. The number of aliphatic imine (C=N–C) groups is 1. The van der Waals surface area contributed by atoms with Gasteiger partial charge in [0.15, 0.2) is 9.84 Å². The lowest BCUT2D eigenvalue weighted by Gasteiger charge is -2.20. The lowest BCUT2D eigenvalue weighted by Crippen LogP contribution is -2.21. The van der Waals surface area contributed by atoms with Crippen molar-refractivity contribution in [2.75, 3.05) is 18.2 Å². The molecule has 0 saturated carbocycles. The third-order valence-corrected chi connectivity index (χ3v) is 6.35. The molecule has 0 fully saturated rings. The number of hydrogen-bond donors (Lipinski definition) is 1. The molecule has 33 heavy (non-hydrogen) atoms. The van der Waals surface area contributed by atoms with E-state index < -0.39 is 9.84 Å². The Labute approximate surface area is 193 Å². The van der Waals surface area contributed by atoms with Crippen LogP contribution >= 0.6 is 0 Å². The number of benzene rings is 1. The normalized spacial score (nSPS) is 13.4. The molecule has 1 N–H and O–H groups in total. The van der Waals surface area contributed by atoms with Gasteiger partial charge in [-0.1, -0.05) is 20.8 Å². The summed E-state index contributed by atoms with van der Waals surface area (Å²) >= 11 is 0. The highest BCUT2D eigenvalue weighted by Gasteiger charge is 2.25. The number of nitrogens with one attached hydrogen (secondary N) is 1. The van der Waals surface area contributed by atoms with E-state index in [1.165, 1.54) is 6.26 Å². The topological polar surface area (TPSA) is 111 Å². The molecule has 1 aromatic carbocycles. The predicted molar refractivity (Wildman–Crippen MR) is 126 cm³/mol. The van der Waals surface area contributed by atoms with E-state index in [9.17, 15) is 8.42 Å². The summed E-state index contributed by atoms with van der Waals surface area (Å²) in [6, 6.07) is 8.66. The third-order valence-electron chi connectivity index (χ3n) is 5.24. The second-order valence-corrected chi connectivity index (χ2v) is 10.4. The highest BCUT2D eigenvalue weighted by molar-refractivity contribution is 7.90. The van der Waals surface area contributed by atoms with Crippen molar-refractivity contribution >= 4 is 21.4 Å². The summed E-state index contributed by atoms with van der Waals surface area (Å²) in [6.45, 7) is 7.59. The van der Waals surface area contributed by atoms with Gasteiger partial charge in [-0.15, -0.1) is 0 Å². The van der Waals surface area contributed by atoms with Crippen molar-refractivity contribution in [1.29, 1.82) is 0 Å². The van der Waals surface area contributed by atoms with Crippen molar-refractivity contribution in [2.45, 2.75) is 45.2 Å². The van der Waals surface area contributed by atoms with E-state index >= 15 is 0 Å². The van der Waals surface area contributed by atoms with Gasteiger partial charge in [0.05, 0.1) is 47.2 Å². The van der Waals surface area contributed by atoms with Crippen molar-refractivity contribution in [3.63, 3.8) is 0 Å². The SMILES string of the molecule is CCc1c2c(nn1Cc1cccnn1)CN=C(c1cc(S(C)(=O)=O)ccc1OCC(C)C)N2. The van der Waals surface area contributed by atoms with Crippen LogP contribution in [0.15, 0.2) is 46.4 Å². The van der Waals surface area contributed by atoms with Gasteiger partial charge in [-0.25, -0.2) is 8.42 Å². The third kappa shape index (κ3) is 5.05. The molecule has 0 bridgehead atoms. The first kappa shape index (κ1) is 22.9. The number of aromatic nitrogens is 4. The van der Waals surface area contributed by atoms with Crippen LogP contribution < -0.4 is 10.1 Å². The molecule has 0 atom stereocenters. The number of anilines is 1. The molecule has 3 heterocycles. The Morgan fingerprint density at radius 3 is 2.73 bits per heavy atom. The van der Waals surface area contributed by atoms with Crippen LogP contribution in [-0.4, -0.2) is 47.1 Å². The second-order valence-electron chi connectivity index (χ2n) is 8.42. The number of rotatable bonds is 8. The molecule has 0 radical (unpaired) electrons. The zero-order valence-corrected chi connectivity index (χ0v) is 20.1. The number of sulfone groups is 1. The van der Waals surface area contributed by atoms with Gasteiger partial charge >= 0.3 is 0 Å². The predicted octanol–water partition coefficient (Wildman–Crippen LogP) is 3.09. The Hall–Kier alpha value is -3.27. The quantitative estimate of drug-likeness (QED) is 0.541. The molecule has 0 aliphatic carbocycles. The molecule has 0 amide bonds. The van der Waals surface area contributed by atoms with Crippen LogP contribution in [0.4, 0.5) is 5.69 Å². The first-order valence-corrected chi connectivity index (χ1v) is 12.8. The minimum absolute atomic E-state index is 0.221. The lowest BCUT2D eigenvalue weighted by molar-refractivity contribution is 0.270. The van der Waals surface area contributed by atoms with Crippen LogP contribution in [0.5, 0.6) is 5.75 Å². The fourth-order valence-electron chi connectivity index (χ4n) is 3.64. The Morgan fingerprint density at radius 2 is 2.06 bits per heavy atom. The van der Waals surface area contributed by atoms with Crippen molar-refractivity contribution in [3.05, 3.63) is 59.2 Å². The van der Waals surface area contributed by atoms with E-state index in [-0.39, 0.29) is 4.90 Å². The summed E-state index contributed by atoms with van der Waals surface area (Å²) in [5, 5.41) is 16.2. The first-order valence-electron chi connectivity index (χ1n) is 10.9. The molecule has 4 rings (SSSR count). The Kier molecular flexibility index (Phi) is 6.46. The van der Waals surface area contributed by atoms with Gasteiger partial charge in [-0.2, -0.15) is 15.3 Å². The van der Waals surface area contributed by atoms with E-state index in [1.54, 1.807) is 24.4 Å². The monoisotopic (exact) mass is 468 g/mol. The fraction of sp³-hybridized carbons (Fsp3) is 0.391. The van der Waals surface area contributed by atoms with E-state index in [1.807, 2.05) is 16.8 Å². The molecule has 0 saturated heterocycles. The van der Waals surface area contributed by atoms with E-state index in [0.717, 1.165) is 29.2 Å². The lowest BCUT2D eigenvalue weighted by atomic mass is 10.1. The van der Waals surface area contributed by atoms with Crippen molar-refractivity contribution in [1.82, 2.24) is 20.0 Å². The Bertz CT molecular complexity index is 1280. The van der Waals surface area contributed by atoms with Crippen LogP contribution in [0.25, 0.3) is 0 Å². The van der Waals surface area contributed by atoms with Gasteiger partial charge in [-0.3, -0.25) is 9.67 Å². The number of nitrogens with zero attached hydrogens (tertiary/aromatic N) is 5. The van der Waals surface area contributed by atoms with Gasteiger partial charge in [0.1, 0.15) is 17.3 Å². The summed E-state index contributed by atoms with van der Waals surface area (Å²) in [6.07, 6.45) is 3.59. The molecule has 9 nitrogen and oxygen atoms in total. The van der Waals surface area contributed by atoms with Gasteiger partial charge in [0.25, 0.3) is 0 Å². The largest absolute Gasteiger partial charge is 0.493 e. The molecule has 3 aromatic rings. The van der Waals surface area contributed by atoms with Gasteiger partial charge in [0, 0.05) is 12.5 Å². The minimum Gasteiger partial charge on any atom is -0.493 e. The molecule has 2 aromatic heterocycles. The van der Waals surface area contributed by atoms with Gasteiger partial charge in [-0.05, 0) is 42.7 Å². The maximum absolute atomic E-state index is 12.2. The van der Waals surface area contributed by atoms with Crippen LogP contribution in [-0.2, 0) is 29.3 Å². The second kappa shape index (κ2) is 9.30. The number of ether oxygens (including phenoxy) is 1. The molecule has 0 unspecified atom stereocenters. The maximum atomic E-state index is 12.2. The van der Waals surface area contributed by atoms with E-state index in [2.05, 4.69) is 41.3 Å². The molecule has 1 aliphatic rings. The van der Waals surface area contributed by atoms with E-state index in [0.29, 0.717) is 42.8 Å². The zero-order valence-electron chi connectivity index (χ0n) is 19.2. The molecular formula is C23H28N6O3S. The minimum atomic E-state index is -3.38. The van der Waals surface area contributed by atoms with Crippen molar-refractivity contribution in [3.8, 4) is 5.75 Å².